The molecule has 0 fully saturated rings. The van der Waals surface area contributed by atoms with Crippen LogP contribution in [0.4, 0.5) is 0 Å². The van der Waals surface area contributed by atoms with Crippen molar-refractivity contribution in [3.05, 3.63) is 53.4 Å². The van der Waals surface area contributed by atoms with Crippen molar-refractivity contribution in [1.29, 1.82) is 0 Å². The van der Waals surface area contributed by atoms with Crippen LogP contribution in [0, 0.1) is 0 Å². The van der Waals surface area contributed by atoms with Crippen LogP contribution in [-0.2, 0) is 4.74 Å². The third kappa shape index (κ3) is 2.30. The molecule has 0 radical (unpaired) electrons. The van der Waals surface area contributed by atoms with E-state index in [4.69, 9.17) is 4.74 Å². The molecule has 100 valence electrons. The van der Waals surface area contributed by atoms with E-state index in [9.17, 15) is 4.79 Å². The van der Waals surface area contributed by atoms with Gasteiger partial charge in [-0.3, -0.25) is 0 Å². The highest BCUT2D eigenvalue weighted by Crippen LogP contribution is 2.29. The maximum absolute atomic E-state index is 12.1. The van der Waals surface area contributed by atoms with Crippen LogP contribution in [0.15, 0.2) is 47.8 Å². The largest absolute Gasteiger partial charge is 0.462 e. The number of ether oxygens (including phenoxy) is 1. The number of aromatic nitrogens is 1. The van der Waals surface area contributed by atoms with Crippen LogP contribution in [-0.4, -0.2) is 17.6 Å². The monoisotopic (exact) mass is 283 g/mol. The van der Waals surface area contributed by atoms with Crippen molar-refractivity contribution in [2.45, 2.75) is 6.92 Å². The Balaban J connectivity index is 2.23. The van der Waals surface area contributed by atoms with Crippen LogP contribution in [0.1, 0.15) is 17.3 Å². The summed E-state index contributed by atoms with van der Waals surface area (Å²) in [6.45, 7) is 2.16. The lowest BCUT2D eigenvalue weighted by Gasteiger charge is -2.08. The maximum Gasteiger partial charge on any atom is 0.340 e. The van der Waals surface area contributed by atoms with Crippen LogP contribution >= 0.6 is 11.3 Å². The van der Waals surface area contributed by atoms with Gasteiger partial charge in [0.25, 0.3) is 0 Å². The fourth-order valence-corrected chi connectivity index (χ4v) is 2.81. The highest BCUT2D eigenvalue weighted by molar-refractivity contribution is 7.13. The number of carbonyl (C=O) groups excluding carboxylic acids is 1. The normalized spacial score (nSPS) is 10.7. The zero-order chi connectivity index (χ0) is 13.9. The molecular weight excluding hydrogens is 270 g/mol. The number of esters is 1. The number of rotatable bonds is 3. The second-order valence-electron chi connectivity index (χ2n) is 4.28. The fraction of sp³-hybridized carbons (Fsp3) is 0.125. The number of pyridine rings is 1. The molecule has 0 aliphatic heterocycles. The van der Waals surface area contributed by atoms with Gasteiger partial charge < -0.3 is 4.74 Å². The molecule has 0 bridgehead atoms. The Hall–Kier alpha value is -2.20. The number of hydrogen-bond acceptors (Lipinski definition) is 4. The number of hydrogen-bond donors (Lipinski definition) is 0. The van der Waals surface area contributed by atoms with Gasteiger partial charge in [0.1, 0.15) is 0 Å². The van der Waals surface area contributed by atoms with E-state index in [-0.39, 0.29) is 5.97 Å². The smallest absolute Gasteiger partial charge is 0.340 e. The topological polar surface area (TPSA) is 39.2 Å². The second kappa shape index (κ2) is 5.43. The van der Waals surface area contributed by atoms with Gasteiger partial charge in [-0.1, -0.05) is 24.3 Å². The molecule has 0 N–H and O–H groups in total. The maximum atomic E-state index is 12.1. The zero-order valence-corrected chi connectivity index (χ0v) is 11.8. The third-order valence-electron chi connectivity index (χ3n) is 2.97. The van der Waals surface area contributed by atoms with Gasteiger partial charge >= 0.3 is 5.97 Å². The molecular formula is C16H13NO2S. The Bertz CT molecular complexity index is 750. The molecule has 3 nitrogen and oxygen atoms in total. The van der Waals surface area contributed by atoms with E-state index in [1.165, 1.54) is 0 Å². The van der Waals surface area contributed by atoms with Crippen molar-refractivity contribution >= 4 is 28.2 Å². The first-order valence-corrected chi connectivity index (χ1v) is 7.28. The van der Waals surface area contributed by atoms with Gasteiger partial charge in [0, 0.05) is 5.39 Å². The average Bonchev–Trinajstić information content (AvgIpc) is 3.00. The molecule has 0 unspecified atom stereocenters. The molecule has 20 heavy (non-hydrogen) atoms. The summed E-state index contributed by atoms with van der Waals surface area (Å²) in [5.41, 5.74) is 2.09. The summed E-state index contributed by atoms with van der Waals surface area (Å²) < 4.78 is 5.14. The van der Waals surface area contributed by atoms with Crippen LogP contribution in [0.3, 0.4) is 0 Å². The first kappa shape index (κ1) is 12.8. The van der Waals surface area contributed by atoms with E-state index >= 15 is 0 Å². The van der Waals surface area contributed by atoms with Crippen molar-refractivity contribution in [1.82, 2.24) is 4.98 Å². The van der Waals surface area contributed by atoms with E-state index < -0.39 is 0 Å². The highest BCUT2D eigenvalue weighted by atomic mass is 32.1. The number of fused-ring (bicyclic) bond motifs is 1. The average molecular weight is 283 g/mol. The van der Waals surface area contributed by atoms with E-state index in [2.05, 4.69) is 4.98 Å². The molecule has 0 saturated heterocycles. The van der Waals surface area contributed by atoms with Gasteiger partial charge in [0.15, 0.2) is 0 Å². The molecule has 0 amide bonds. The van der Waals surface area contributed by atoms with Crippen LogP contribution in [0.25, 0.3) is 21.5 Å². The molecule has 2 aromatic heterocycles. The van der Waals surface area contributed by atoms with Crippen LogP contribution < -0.4 is 0 Å². The van der Waals surface area contributed by atoms with Gasteiger partial charge in [-0.25, -0.2) is 9.78 Å². The molecule has 0 saturated carbocycles. The van der Waals surface area contributed by atoms with Crippen molar-refractivity contribution in [2.75, 3.05) is 6.61 Å². The van der Waals surface area contributed by atoms with E-state index in [1.807, 2.05) is 47.8 Å². The molecule has 2 heterocycles. The Kier molecular flexibility index (Phi) is 3.48. The highest BCUT2D eigenvalue weighted by Gasteiger charge is 2.17. The Morgan fingerprint density at radius 3 is 2.85 bits per heavy atom. The zero-order valence-electron chi connectivity index (χ0n) is 11.0. The summed E-state index contributed by atoms with van der Waals surface area (Å²) in [5.74, 6) is -0.325. The van der Waals surface area contributed by atoms with Gasteiger partial charge in [-0.15, -0.1) is 11.3 Å². The van der Waals surface area contributed by atoms with Gasteiger partial charge in [-0.05, 0) is 30.5 Å². The molecule has 4 heteroatoms. The minimum atomic E-state index is -0.325. The molecule has 3 rings (SSSR count). The van der Waals surface area contributed by atoms with Crippen LogP contribution in [0.5, 0.6) is 0 Å². The molecule has 0 atom stereocenters. The number of carbonyl (C=O) groups is 1. The Labute approximate surface area is 120 Å². The standard InChI is InChI=1S/C16H13NO2S/c1-2-19-16(18)12-10-11-6-3-4-7-13(11)17-15(12)14-8-5-9-20-14/h3-10H,2H2,1H3. The van der Waals surface area contributed by atoms with Crippen molar-refractivity contribution in [3.8, 4) is 10.6 Å². The quantitative estimate of drug-likeness (QED) is 0.678. The first-order valence-electron chi connectivity index (χ1n) is 6.40. The molecule has 0 spiro atoms. The van der Waals surface area contributed by atoms with E-state index in [0.29, 0.717) is 17.9 Å². The van der Waals surface area contributed by atoms with Crippen molar-refractivity contribution in [2.24, 2.45) is 0 Å². The van der Waals surface area contributed by atoms with Gasteiger partial charge in [0.05, 0.1) is 28.3 Å². The van der Waals surface area contributed by atoms with Gasteiger partial charge in [-0.2, -0.15) is 0 Å². The minimum absolute atomic E-state index is 0.325. The van der Waals surface area contributed by atoms with E-state index in [1.54, 1.807) is 18.3 Å². The number of para-hydroxylation sites is 1. The summed E-state index contributed by atoms with van der Waals surface area (Å²) in [5, 5.41) is 2.91. The van der Waals surface area contributed by atoms with Gasteiger partial charge in [0.2, 0.25) is 0 Å². The SMILES string of the molecule is CCOC(=O)c1cc2ccccc2nc1-c1cccs1. The lowest BCUT2D eigenvalue weighted by Crippen LogP contribution is -2.07. The number of benzene rings is 1. The first-order chi connectivity index (χ1) is 9.79. The lowest BCUT2D eigenvalue weighted by atomic mass is 10.1. The van der Waals surface area contributed by atoms with E-state index in [0.717, 1.165) is 15.8 Å². The van der Waals surface area contributed by atoms with Crippen molar-refractivity contribution < 1.29 is 9.53 Å². The second-order valence-corrected chi connectivity index (χ2v) is 5.22. The Morgan fingerprint density at radius 2 is 2.10 bits per heavy atom. The lowest BCUT2D eigenvalue weighted by molar-refractivity contribution is 0.0527. The summed E-state index contributed by atoms with van der Waals surface area (Å²) in [6, 6.07) is 13.5. The predicted octanol–water partition coefficient (Wildman–Crippen LogP) is 4.14. The third-order valence-corrected chi connectivity index (χ3v) is 3.85. The number of thiophene rings is 1. The predicted molar refractivity (Wildman–Crippen MR) is 81.0 cm³/mol. The molecule has 0 aliphatic carbocycles. The summed E-state index contributed by atoms with van der Waals surface area (Å²) in [7, 11) is 0. The minimum Gasteiger partial charge on any atom is -0.462 e. The molecule has 0 aliphatic rings. The van der Waals surface area contributed by atoms with Crippen molar-refractivity contribution in [3.63, 3.8) is 0 Å². The fourth-order valence-electron chi connectivity index (χ4n) is 2.08. The number of nitrogens with zero attached hydrogens (tertiary/aromatic N) is 1. The summed E-state index contributed by atoms with van der Waals surface area (Å²) >= 11 is 1.56. The summed E-state index contributed by atoms with van der Waals surface area (Å²) in [4.78, 5) is 17.7. The molecule has 3 aromatic rings. The van der Waals surface area contributed by atoms with Crippen LogP contribution in [0.2, 0.25) is 0 Å². The molecule has 1 aromatic carbocycles. The summed E-state index contributed by atoms with van der Waals surface area (Å²) in [6.07, 6.45) is 0. The Morgan fingerprint density at radius 1 is 1.25 bits per heavy atom.